The number of hydrogen-bond donors (Lipinski definition) is 0. The molecular weight excluding hydrogens is 406 g/mol. The van der Waals surface area contributed by atoms with Gasteiger partial charge in [-0.15, -0.1) is 0 Å². The van der Waals surface area contributed by atoms with Crippen LogP contribution in [0.15, 0.2) is 60.7 Å². The second kappa shape index (κ2) is 14.8. The highest BCUT2D eigenvalue weighted by Gasteiger charge is 2.16. The number of amides is 1. The van der Waals surface area contributed by atoms with E-state index in [9.17, 15) is 14.4 Å². The van der Waals surface area contributed by atoms with Crippen LogP contribution in [0.1, 0.15) is 50.2 Å². The normalized spacial score (nSPS) is 10.4. The van der Waals surface area contributed by atoms with Gasteiger partial charge in [-0.25, -0.2) is 0 Å². The van der Waals surface area contributed by atoms with Crippen molar-refractivity contribution in [3.05, 3.63) is 71.8 Å². The van der Waals surface area contributed by atoms with Crippen molar-refractivity contribution < 1.29 is 23.9 Å². The fourth-order valence-electron chi connectivity index (χ4n) is 3.28. The molecule has 0 spiro atoms. The number of aryl methyl sites for hydroxylation is 1. The van der Waals surface area contributed by atoms with Gasteiger partial charge in [0.2, 0.25) is 5.91 Å². The van der Waals surface area contributed by atoms with Gasteiger partial charge in [0.15, 0.2) is 0 Å². The summed E-state index contributed by atoms with van der Waals surface area (Å²) in [6, 6.07) is 19.7. The SMILES string of the molecule is CCOC(=O)CCN(Cc1ccccc1)C(=O)CCCC(=O)OCCCc1ccccc1. The number of carbonyl (C=O) groups is 3. The molecule has 32 heavy (non-hydrogen) atoms. The number of rotatable bonds is 14. The Morgan fingerprint density at radius 1 is 0.750 bits per heavy atom. The lowest BCUT2D eigenvalue weighted by molar-refractivity contribution is -0.144. The first-order valence-corrected chi connectivity index (χ1v) is 11.3. The van der Waals surface area contributed by atoms with Crippen molar-refractivity contribution in [2.24, 2.45) is 0 Å². The van der Waals surface area contributed by atoms with Gasteiger partial charge in [0, 0.05) is 25.9 Å². The van der Waals surface area contributed by atoms with E-state index in [2.05, 4.69) is 12.1 Å². The number of benzene rings is 2. The van der Waals surface area contributed by atoms with Gasteiger partial charge in [0.25, 0.3) is 0 Å². The van der Waals surface area contributed by atoms with Gasteiger partial charge in [-0.05, 0) is 37.3 Å². The van der Waals surface area contributed by atoms with E-state index in [4.69, 9.17) is 9.47 Å². The highest BCUT2D eigenvalue weighted by Crippen LogP contribution is 2.10. The van der Waals surface area contributed by atoms with Crippen molar-refractivity contribution in [2.45, 2.75) is 52.0 Å². The highest BCUT2D eigenvalue weighted by molar-refractivity contribution is 5.78. The van der Waals surface area contributed by atoms with E-state index < -0.39 is 0 Å². The first kappa shape index (κ1) is 25.1. The molecule has 1 amide bonds. The molecule has 0 aromatic heterocycles. The Morgan fingerprint density at radius 3 is 2.03 bits per heavy atom. The van der Waals surface area contributed by atoms with E-state index >= 15 is 0 Å². The summed E-state index contributed by atoms with van der Waals surface area (Å²) in [5, 5.41) is 0. The maximum atomic E-state index is 12.7. The summed E-state index contributed by atoms with van der Waals surface area (Å²) >= 11 is 0. The van der Waals surface area contributed by atoms with Crippen LogP contribution in [0.25, 0.3) is 0 Å². The topological polar surface area (TPSA) is 72.9 Å². The number of nitrogens with zero attached hydrogens (tertiary/aromatic N) is 1. The van der Waals surface area contributed by atoms with Gasteiger partial charge < -0.3 is 14.4 Å². The summed E-state index contributed by atoms with van der Waals surface area (Å²) in [7, 11) is 0. The first-order valence-electron chi connectivity index (χ1n) is 11.3. The van der Waals surface area contributed by atoms with Crippen molar-refractivity contribution in [1.29, 1.82) is 0 Å². The molecule has 0 saturated carbocycles. The van der Waals surface area contributed by atoms with E-state index in [1.54, 1.807) is 11.8 Å². The van der Waals surface area contributed by atoms with E-state index in [1.807, 2.05) is 48.5 Å². The van der Waals surface area contributed by atoms with Crippen LogP contribution in [0.3, 0.4) is 0 Å². The van der Waals surface area contributed by atoms with E-state index in [0.29, 0.717) is 26.2 Å². The van der Waals surface area contributed by atoms with Gasteiger partial charge in [0.05, 0.1) is 19.6 Å². The number of ether oxygens (including phenoxy) is 2. The Bertz CT molecular complexity index is 823. The Balaban J connectivity index is 1.71. The molecule has 2 aromatic carbocycles. The molecule has 0 aliphatic carbocycles. The van der Waals surface area contributed by atoms with Crippen LogP contribution in [0.2, 0.25) is 0 Å². The number of hydrogen-bond acceptors (Lipinski definition) is 5. The highest BCUT2D eigenvalue weighted by atomic mass is 16.5. The lowest BCUT2D eigenvalue weighted by atomic mass is 10.1. The molecule has 0 heterocycles. The van der Waals surface area contributed by atoms with Gasteiger partial charge in [-0.3, -0.25) is 14.4 Å². The number of esters is 2. The van der Waals surface area contributed by atoms with Gasteiger partial charge in [0.1, 0.15) is 0 Å². The third-order valence-corrected chi connectivity index (χ3v) is 4.95. The monoisotopic (exact) mass is 439 g/mol. The predicted octanol–water partition coefficient (Wildman–Crippen LogP) is 4.31. The Kier molecular flexibility index (Phi) is 11.6. The molecule has 0 saturated heterocycles. The van der Waals surface area contributed by atoms with Crippen LogP contribution in [0.5, 0.6) is 0 Å². The largest absolute Gasteiger partial charge is 0.466 e. The summed E-state index contributed by atoms with van der Waals surface area (Å²) in [5.41, 5.74) is 2.21. The van der Waals surface area contributed by atoms with Crippen molar-refractivity contribution in [3.63, 3.8) is 0 Å². The standard InChI is InChI=1S/C26H33NO5/c1-2-31-26(30)18-19-27(21-23-13-7-4-8-14-23)24(28)16-9-17-25(29)32-20-10-15-22-11-5-3-6-12-22/h3-8,11-14H,2,9-10,15-21H2,1H3. The second-order valence-electron chi connectivity index (χ2n) is 7.52. The first-order chi connectivity index (χ1) is 15.6. The molecule has 0 aliphatic heterocycles. The zero-order valence-electron chi connectivity index (χ0n) is 18.8. The molecule has 0 aliphatic rings. The average Bonchev–Trinajstić information content (AvgIpc) is 2.81. The molecule has 2 rings (SSSR count). The molecule has 0 bridgehead atoms. The molecular formula is C26H33NO5. The molecule has 0 N–H and O–H groups in total. The lowest BCUT2D eigenvalue weighted by Crippen LogP contribution is -2.32. The molecule has 0 radical (unpaired) electrons. The van der Waals surface area contributed by atoms with Gasteiger partial charge in [-0.1, -0.05) is 60.7 Å². The fourth-order valence-corrected chi connectivity index (χ4v) is 3.28. The molecule has 0 unspecified atom stereocenters. The zero-order chi connectivity index (χ0) is 23.0. The Labute approximate surface area is 190 Å². The summed E-state index contributed by atoms with van der Waals surface area (Å²) in [6.45, 7) is 3.16. The molecule has 172 valence electrons. The third kappa shape index (κ3) is 10.2. The van der Waals surface area contributed by atoms with Gasteiger partial charge >= 0.3 is 11.9 Å². The average molecular weight is 440 g/mol. The minimum Gasteiger partial charge on any atom is -0.466 e. The smallest absolute Gasteiger partial charge is 0.307 e. The van der Waals surface area contributed by atoms with Crippen LogP contribution in [-0.2, 0) is 36.8 Å². The molecule has 2 aromatic rings. The fraction of sp³-hybridized carbons (Fsp3) is 0.423. The van der Waals surface area contributed by atoms with E-state index in [1.165, 1.54) is 5.56 Å². The van der Waals surface area contributed by atoms with Crippen molar-refractivity contribution in [2.75, 3.05) is 19.8 Å². The molecule has 6 heteroatoms. The molecule has 0 fully saturated rings. The minimum atomic E-state index is -0.322. The Morgan fingerprint density at radius 2 is 1.38 bits per heavy atom. The summed E-state index contributed by atoms with van der Waals surface area (Å²) in [4.78, 5) is 38.1. The van der Waals surface area contributed by atoms with Crippen LogP contribution in [0.4, 0.5) is 0 Å². The summed E-state index contributed by atoms with van der Waals surface area (Å²) < 4.78 is 10.3. The third-order valence-electron chi connectivity index (χ3n) is 4.95. The van der Waals surface area contributed by atoms with Crippen LogP contribution in [0, 0.1) is 0 Å². The van der Waals surface area contributed by atoms with Crippen LogP contribution in [-0.4, -0.2) is 42.5 Å². The van der Waals surface area contributed by atoms with E-state index in [0.717, 1.165) is 18.4 Å². The van der Waals surface area contributed by atoms with Crippen molar-refractivity contribution in [1.82, 2.24) is 4.90 Å². The van der Waals surface area contributed by atoms with Crippen LogP contribution < -0.4 is 0 Å². The minimum absolute atomic E-state index is 0.0879. The second-order valence-corrected chi connectivity index (χ2v) is 7.52. The predicted molar refractivity (Wildman–Crippen MR) is 123 cm³/mol. The maximum Gasteiger partial charge on any atom is 0.307 e. The number of carbonyl (C=O) groups excluding carboxylic acids is 3. The Hall–Kier alpha value is -3.15. The van der Waals surface area contributed by atoms with Crippen molar-refractivity contribution in [3.8, 4) is 0 Å². The van der Waals surface area contributed by atoms with Crippen LogP contribution >= 0.6 is 0 Å². The molecule has 0 atom stereocenters. The van der Waals surface area contributed by atoms with E-state index in [-0.39, 0.29) is 43.7 Å². The van der Waals surface area contributed by atoms with Gasteiger partial charge in [-0.2, -0.15) is 0 Å². The summed E-state index contributed by atoms with van der Waals surface area (Å²) in [6.07, 6.45) is 2.63. The quantitative estimate of drug-likeness (QED) is 0.324. The summed E-state index contributed by atoms with van der Waals surface area (Å²) in [5.74, 6) is -0.695. The molecule has 6 nitrogen and oxygen atoms in total. The lowest BCUT2D eigenvalue weighted by Gasteiger charge is -2.22. The van der Waals surface area contributed by atoms with Crippen molar-refractivity contribution >= 4 is 17.8 Å². The zero-order valence-corrected chi connectivity index (χ0v) is 18.8. The maximum absolute atomic E-state index is 12.7.